The zero-order valence-corrected chi connectivity index (χ0v) is 11.5. The molecule has 0 spiro atoms. The first kappa shape index (κ1) is 14.7. The van der Waals surface area contributed by atoms with Gasteiger partial charge >= 0.3 is 0 Å². The molecule has 0 amide bonds. The smallest absolute Gasteiger partial charge is 0.166 e. The van der Waals surface area contributed by atoms with Gasteiger partial charge in [0.1, 0.15) is 11.6 Å². The summed E-state index contributed by atoms with van der Waals surface area (Å²) in [5.41, 5.74) is 0.130. The van der Waals surface area contributed by atoms with Crippen molar-refractivity contribution < 1.29 is 13.9 Å². The van der Waals surface area contributed by atoms with Crippen molar-refractivity contribution in [3.05, 3.63) is 29.6 Å². The molecule has 1 aromatic rings. The van der Waals surface area contributed by atoms with Gasteiger partial charge in [-0.2, -0.15) is 0 Å². The highest BCUT2D eigenvalue weighted by Gasteiger charge is 2.14. The van der Waals surface area contributed by atoms with E-state index in [0.29, 0.717) is 24.7 Å². The first-order valence-electron chi connectivity index (χ1n) is 6.35. The molecule has 0 aromatic heterocycles. The highest BCUT2D eigenvalue weighted by molar-refractivity contribution is 5.96. The molecule has 3 heteroatoms. The number of Topliss-reactive ketones (excluding diaryl/α,β-unsaturated/α-hetero) is 1. The topological polar surface area (TPSA) is 26.3 Å². The summed E-state index contributed by atoms with van der Waals surface area (Å²) in [5, 5.41) is 0. The van der Waals surface area contributed by atoms with Crippen molar-refractivity contribution in [3.63, 3.8) is 0 Å². The Morgan fingerprint density at radius 3 is 2.44 bits per heavy atom. The van der Waals surface area contributed by atoms with E-state index < -0.39 is 5.82 Å². The zero-order valence-electron chi connectivity index (χ0n) is 11.5. The van der Waals surface area contributed by atoms with E-state index in [1.54, 1.807) is 6.07 Å². The van der Waals surface area contributed by atoms with Crippen LogP contribution in [0.5, 0.6) is 5.75 Å². The number of ketones is 1. The molecular weight excluding hydrogens is 231 g/mol. The summed E-state index contributed by atoms with van der Waals surface area (Å²) in [4.78, 5) is 11.9. The standard InChI is InChI=1S/C15H21FO2/c1-10(2)7-15(17)13-8-12(5-6-14(13)16)18-9-11(3)4/h5-6,8,10-11H,7,9H2,1-4H3. The van der Waals surface area contributed by atoms with E-state index in [9.17, 15) is 9.18 Å². The molecule has 18 heavy (non-hydrogen) atoms. The summed E-state index contributed by atoms with van der Waals surface area (Å²) in [7, 11) is 0. The zero-order chi connectivity index (χ0) is 13.7. The average molecular weight is 252 g/mol. The summed E-state index contributed by atoms with van der Waals surface area (Å²) in [6.45, 7) is 8.51. The Kier molecular flexibility index (Phi) is 5.32. The molecule has 0 fully saturated rings. The molecule has 0 aliphatic heterocycles. The van der Waals surface area contributed by atoms with Crippen molar-refractivity contribution in [2.75, 3.05) is 6.61 Å². The van der Waals surface area contributed by atoms with Crippen molar-refractivity contribution in [2.45, 2.75) is 34.1 Å². The van der Waals surface area contributed by atoms with Gasteiger partial charge in [-0.25, -0.2) is 4.39 Å². The van der Waals surface area contributed by atoms with Gasteiger partial charge in [-0.15, -0.1) is 0 Å². The lowest BCUT2D eigenvalue weighted by atomic mass is 10.0. The van der Waals surface area contributed by atoms with Gasteiger partial charge in [0.05, 0.1) is 12.2 Å². The van der Waals surface area contributed by atoms with Crippen molar-refractivity contribution in [3.8, 4) is 5.75 Å². The summed E-state index contributed by atoms with van der Waals surface area (Å²) >= 11 is 0. The Morgan fingerprint density at radius 2 is 1.89 bits per heavy atom. The predicted molar refractivity (Wildman–Crippen MR) is 70.5 cm³/mol. The normalized spacial score (nSPS) is 11.1. The first-order chi connectivity index (χ1) is 8.40. The number of carbonyl (C=O) groups excluding carboxylic acids is 1. The van der Waals surface area contributed by atoms with Gasteiger partial charge in [-0.3, -0.25) is 4.79 Å². The van der Waals surface area contributed by atoms with Gasteiger partial charge < -0.3 is 4.74 Å². The van der Waals surface area contributed by atoms with Crippen LogP contribution in [-0.4, -0.2) is 12.4 Å². The lowest BCUT2D eigenvalue weighted by Gasteiger charge is -2.11. The van der Waals surface area contributed by atoms with Crippen LogP contribution in [0.3, 0.4) is 0 Å². The lowest BCUT2D eigenvalue weighted by molar-refractivity contribution is 0.0963. The quantitative estimate of drug-likeness (QED) is 0.713. The largest absolute Gasteiger partial charge is 0.493 e. The Hall–Kier alpha value is -1.38. The highest BCUT2D eigenvalue weighted by Crippen LogP contribution is 2.20. The molecule has 0 heterocycles. The van der Waals surface area contributed by atoms with Crippen LogP contribution in [0.4, 0.5) is 4.39 Å². The van der Waals surface area contributed by atoms with Crippen LogP contribution in [0, 0.1) is 17.7 Å². The van der Waals surface area contributed by atoms with Crippen molar-refractivity contribution >= 4 is 5.78 Å². The second kappa shape index (κ2) is 6.53. The van der Waals surface area contributed by atoms with Crippen LogP contribution >= 0.6 is 0 Å². The van der Waals surface area contributed by atoms with E-state index in [-0.39, 0.29) is 17.3 Å². The Labute approximate surface area is 108 Å². The number of ether oxygens (including phenoxy) is 1. The minimum absolute atomic E-state index is 0.130. The van der Waals surface area contributed by atoms with Crippen molar-refractivity contribution in [2.24, 2.45) is 11.8 Å². The van der Waals surface area contributed by atoms with Crippen LogP contribution in [0.15, 0.2) is 18.2 Å². The van der Waals surface area contributed by atoms with Crippen LogP contribution in [0.2, 0.25) is 0 Å². The third-order valence-electron chi connectivity index (χ3n) is 2.42. The SMILES string of the molecule is CC(C)COc1ccc(F)c(C(=O)CC(C)C)c1. The molecule has 0 saturated heterocycles. The second-order valence-electron chi connectivity index (χ2n) is 5.37. The maximum atomic E-state index is 13.6. The summed E-state index contributed by atoms with van der Waals surface area (Å²) in [5.74, 6) is 0.522. The van der Waals surface area contributed by atoms with Gasteiger partial charge in [0.2, 0.25) is 0 Å². The molecule has 0 bridgehead atoms. The maximum absolute atomic E-state index is 13.6. The molecule has 0 aliphatic carbocycles. The van der Waals surface area contributed by atoms with E-state index in [4.69, 9.17) is 4.74 Å². The average Bonchev–Trinajstić information content (AvgIpc) is 2.26. The van der Waals surface area contributed by atoms with Gasteiger partial charge in [0.15, 0.2) is 5.78 Å². The van der Waals surface area contributed by atoms with E-state index in [1.807, 2.05) is 27.7 Å². The van der Waals surface area contributed by atoms with E-state index in [1.165, 1.54) is 12.1 Å². The summed E-state index contributed by atoms with van der Waals surface area (Å²) in [6.07, 6.45) is 0.352. The fourth-order valence-electron chi connectivity index (χ4n) is 1.55. The van der Waals surface area contributed by atoms with Crippen LogP contribution in [0.25, 0.3) is 0 Å². The number of hydrogen-bond acceptors (Lipinski definition) is 2. The van der Waals surface area contributed by atoms with Gasteiger partial charge in [-0.1, -0.05) is 27.7 Å². The molecule has 0 saturated carbocycles. The monoisotopic (exact) mass is 252 g/mol. The van der Waals surface area contributed by atoms with E-state index in [0.717, 1.165) is 0 Å². The molecule has 100 valence electrons. The third-order valence-corrected chi connectivity index (χ3v) is 2.42. The number of hydrogen-bond donors (Lipinski definition) is 0. The predicted octanol–water partition coefficient (Wildman–Crippen LogP) is 4.09. The molecule has 0 unspecified atom stereocenters. The van der Waals surface area contributed by atoms with Crippen LogP contribution in [0.1, 0.15) is 44.5 Å². The molecule has 0 N–H and O–H groups in total. The number of benzene rings is 1. The fraction of sp³-hybridized carbons (Fsp3) is 0.533. The molecular formula is C15H21FO2. The maximum Gasteiger partial charge on any atom is 0.166 e. The van der Waals surface area contributed by atoms with Crippen molar-refractivity contribution in [1.82, 2.24) is 0 Å². The molecule has 0 radical (unpaired) electrons. The van der Waals surface area contributed by atoms with E-state index in [2.05, 4.69) is 0 Å². The minimum atomic E-state index is -0.474. The highest BCUT2D eigenvalue weighted by atomic mass is 19.1. The first-order valence-corrected chi connectivity index (χ1v) is 6.35. The second-order valence-corrected chi connectivity index (χ2v) is 5.37. The third kappa shape index (κ3) is 4.47. The fourth-order valence-corrected chi connectivity index (χ4v) is 1.55. The number of carbonyl (C=O) groups is 1. The number of rotatable bonds is 6. The summed E-state index contributed by atoms with van der Waals surface area (Å²) in [6, 6.07) is 4.36. The van der Waals surface area contributed by atoms with Crippen molar-refractivity contribution in [1.29, 1.82) is 0 Å². The summed E-state index contributed by atoms with van der Waals surface area (Å²) < 4.78 is 19.1. The van der Waals surface area contributed by atoms with E-state index >= 15 is 0 Å². The van der Waals surface area contributed by atoms with Gasteiger partial charge in [-0.05, 0) is 30.0 Å². The minimum Gasteiger partial charge on any atom is -0.493 e. The lowest BCUT2D eigenvalue weighted by Crippen LogP contribution is -2.08. The van der Waals surface area contributed by atoms with Crippen LogP contribution in [-0.2, 0) is 0 Å². The van der Waals surface area contributed by atoms with Crippen LogP contribution < -0.4 is 4.74 Å². The Bertz CT molecular complexity index is 411. The molecule has 0 atom stereocenters. The molecule has 1 rings (SSSR count). The number of halogens is 1. The molecule has 2 nitrogen and oxygen atoms in total. The Morgan fingerprint density at radius 1 is 1.22 bits per heavy atom. The Balaban J connectivity index is 2.84. The molecule has 0 aliphatic rings. The van der Waals surface area contributed by atoms with Gasteiger partial charge in [0, 0.05) is 6.42 Å². The molecule has 1 aromatic carbocycles. The van der Waals surface area contributed by atoms with Gasteiger partial charge in [0.25, 0.3) is 0 Å².